The normalized spacial score (nSPS) is 15.5. The first kappa shape index (κ1) is 9.70. The van der Waals surface area contributed by atoms with Crippen molar-refractivity contribution < 1.29 is 18.8 Å². The summed E-state index contributed by atoms with van der Waals surface area (Å²) in [5.41, 5.74) is -0.567. The highest BCUT2D eigenvalue weighted by atomic mass is 16.3. The molecule has 0 bridgehead atoms. The van der Waals surface area contributed by atoms with Crippen LogP contribution in [0.25, 0.3) is 5.47 Å². The van der Waals surface area contributed by atoms with Crippen molar-refractivity contribution >= 4 is 39.0 Å². The molecule has 0 aliphatic heterocycles. The molecule has 6 heteroatoms. The van der Waals surface area contributed by atoms with Crippen LogP contribution in [0.15, 0.2) is 16.2 Å². The highest BCUT2D eigenvalue weighted by Crippen LogP contribution is 2.29. The zero-order valence-electron chi connectivity index (χ0n) is 7.44. The summed E-state index contributed by atoms with van der Waals surface area (Å²) in [7, 11) is 10.8. The molecule has 1 heterocycles. The molecular formula is C9H2B2O4. The number of carbonyl (C=O) groups is 3. The summed E-state index contributed by atoms with van der Waals surface area (Å²) in [5, 5.41) is 0. The molecule has 0 fully saturated rings. The van der Waals surface area contributed by atoms with Gasteiger partial charge in [-0.3, -0.25) is 14.4 Å². The maximum atomic E-state index is 11.5. The van der Waals surface area contributed by atoms with Crippen LogP contribution in [-0.4, -0.2) is 33.5 Å². The van der Waals surface area contributed by atoms with Gasteiger partial charge in [0.05, 0.1) is 11.1 Å². The molecule has 0 atom stereocenters. The Kier molecular flexibility index (Phi) is 2.00. The third-order valence-corrected chi connectivity index (χ3v) is 2.16. The van der Waals surface area contributed by atoms with Gasteiger partial charge >= 0.3 is 0 Å². The molecule has 1 aliphatic rings. The number of ketones is 2. The molecule has 15 heavy (non-hydrogen) atoms. The minimum Gasteiger partial charge on any atom is -0.464 e. The molecule has 4 radical (unpaired) electrons. The number of aldehydes is 1. The minimum atomic E-state index is -0.912. The maximum Gasteiger partial charge on any atom is 0.236 e. The van der Waals surface area contributed by atoms with Crippen molar-refractivity contribution in [1.29, 1.82) is 0 Å². The second-order valence-corrected chi connectivity index (χ2v) is 3.00. The topological polar surface area (TPSA) is 64.3 Å². The summed E-state index contributed by atoms with van der Waals surface area (Å²) < 4.78 is 4.91. The van der Waals surface area contributed by atoms with Gasteiger partial charge in [-0.1, -0.05) is 5.47 Å². The van der Waals surface area contributed by atoms with E-state index in [4.69, 9.17) is 20.1 Å². The molecule has 2 rings (SSSR count). The van der Waals surface area contributed by atoms with Gasteiger partial charge in [-0.15, -0.1) is 0 Å². The standard InChI is InChI=1S/C9H2B2O4/c10-5-6(11)9-4(7(13)8(5)14)3(1-12)2-15-9/h1-2H. The Morgan fingerprint density at radius 1 is 1.13 bits per heavy atom. The van der Waals surface area contributed by atoms with E-state index in [1.54, 1.807) is 0 Å². The van der Waals surface area contributed by atoms with Crippen molar-refractivity contribution in [2.75, 3.05) is 0 Å². The number of furan rings is 1. The molecule has 0 saturated carbocycles. The third kappa shape index (κ3) is 1.14. The molecule has 68 valence electrons. The molecular weight excluding hydrogens is 194 g/mol. The van der Waals surface area contributed by atoms with Gasteiger partial charge in [0.25, 0.3) is 0 Å². The van der Waals surface area contributed by atoms with Crippen molar-refractivity contribution in [1.82, 2.24) is 0 Å². The van der Waals surface area contributed by atoms with Crippen molar-refractivity contribution in [3.63, 3.8) is 0 Å². The maximum absolute atomic E-state index is 11.5. The molecule has 0 spiro atoms. The molecule has 0 unspecified atom stereocenters. The number of fused-ring (bicyclic) bond motifs is 1. The van der Waals surface area contributed by atoms with E-state index in [0.717, 1.165) is 6.26 Å². The third-order valence-electron chi connectivity index (χ3n) is 2.16. The van der Waals surface area contributed by atoms with E-state index in [2.05, 4.69) is 0 Å². The van der Waals surface area contributed by atoms with Gasteiger partial charge in [-0.25, -0.2) is 0 Å². The first-order valence-corrected chi connectivity index (χ1v) is 3.99. The summed E-state index contributed by atoms with van der Waals surface area (Å²) >= 11 is 0. The largest absolute Gasteiger partial charge is 0.464 e. The summed E-state index contributed by atoms with van der Waals surface area (Å²) in [6.45, 7) is 0. The van der Waals surface area contributed by atoms with E-state index in [1.807, 2.05) is 0 Å². The Labute approximate surface area is 87.1 Å². The average molecular weight is 196 g/mol. The quantitative estimate of drug-likeness (QED) is 0.356. The molecule has 0 N–H and O–H groups in total. The molecule has 0 saturated heterocycles. The number of hydrogen-bond acceptors (Lipinski definition) is 4. The van der Waals surface area contributed by atoms with Crippen molar-refractivity contribution in [2.45, 2.75) is 0 Å². The lowest BCUT2D eigenvalue weighted by Crippen LogP contribution is -2.24. The Bertz CT molecular complexity index is 524. The number of allylic oxidation sites excluding steroid dienone is 1. The summed E-state index contributed by atoms with van der Waals surface area (Å²) in [6, 6.07) is 0. The van der Waals surface area contributed by atoms with Gasteiger partial charge in [-0.05, 0) is 5.47 Å². The Hall–Kier alpha value is -1.84. The fourth-order valence-electron chi connectivity index (χ4n) is 1.37. The minimum absolute atomic E-state index is 0.00111. The van der Waals surface area contributed by atoms with Gasteiger partial charge < -0.3 is 4.42 Å². The van der Waals surface area contributed by atoms with Crippen LogP contribution in [0.4, 0.5) is 0 Å². The molecule has 1 aromatic heterocycles. The second-order valence-electron chi connectivity index (χ2n) is 3.00. The van der Waals surface area contributed by atoms with E-state index < -0.39 is 11.6 Å². The predicted octanol–water partition coefficient (Wildman–Crippen LogP) is -0.137. The number of hydrogen-bond donors (Lipinski definition) is 0. The van der Waals surface area contributed by atoms with E-state index in [-0.39, 0.29) is 27.8 Å². The Morgan fingerprint density at radius 2 is 1.80 bits per heavy atom. The smallest absolute Gasteiger partial charge is 0.236 e. The van der Waals surface area contributed by atoms with Crippen LogP contribution in [0, 0.1) is 0 Å². The molecule has 1 aliphatic carbocycles. The Balaban J connectivity index is 2.80. The van der Waals surface area contributed by atoms with Gasteiger partial charge in [0.15, 0.2) is 6.29 Å². The van der Waals surface area contributed by atoms with Gasteiger partial charge in [0.2, 0.25) is 11.6 Å². The highest BCUT2D eigenvalue weighted by Gasteiger charge is 2.32. The summed E-state index contributed by atoms with van der Waals surface area (Å²) in [6.07, 6.45) is 1.48. The number of Topliss-reactive ketones (excluding diaryl/α,β-unsaturated/α-hetero) is 2. The fraction of sp³-hybridized carbons (Fsp3) is 0. The lowest BCUT2D eigenvalue weighted by molar-refractivity contribution is -0.111. The summed E-state index contributed by atoms with van der Waals surface area (Å²) in [4.78, 5) is 33.3. The van der Waals surface area contributed by atoms with E-state index >= 15 is 0 Å². The monoisotopic (exact) mass is 196 g/mol. The summed E-state index contributed by atoms with van der Waals surface area (Å²) in [5.74, 6) is -1.80. The fourth-order valence-corrected chi connectivity index (χ4v) is 1.37. The van der Waals surface area contributed by atoms with Gasteiger partial charge in [-0.2, -0.15) is 0 Å². The lowest BCUT2D eigenvalue weighted by Gasteiger charge is -2.12. The highest BCUT2D eigenvalue weighted by molar-refractivity contribution is 6.68. The van der Waals surface area contributed by atoms with Crippen LogP contribution < -0.4 is 0 Å². The van der Waals surface area contributed by atoms with Crippen LogP contribution >= 0.6 is 0 Å². The van der Waals surface area contributed by atoms with Crippen LogP contribution in [-0.2, 0) is 4.79 Å². The van der Waals surface area contributed by atoms with Crippen molar-refractivity contribution in [2.24, 2.45) is 0 Å². The molecule has 4 nitrogen and oxygen atoms in total. The van der Waals surface area contributed by atoms with Crippen molar-refractivity contribution in [3.05, 3.63) is 28.6 Å². The van der Waals surface area contributed by atoms with Gasteiger partial charge in [0, 0.05) is 0 Å². The van der Waals surface area contributed by atoms with Crippen LogP contribution in [0.2, 0.25) is 0 Å². The second kappa shape index (κ2) is 3.08. The Morgan fingerprint density at radius 3 is 2.40 bits per heavy atom. The average Bonchev–Trinajstić information content (AvgIpc) is 2.67. The van der Waals surface area contributed by atoms with E-state index in [1.165, 1.54) is 0 Å². The molecule has 1 aromatic rings. The van der Waals surface area contributed by atoms with E-state index in [0.29, 0.717) is 6.29 Å². The predicted molar refractivity (Wildman–Crippen MR) is 51.9 cm³/mol. The van der Waals surface area contributed by atoms with E-state index in [9.17, 15) is 14.4 Å². The first-order chi connectivity index (χ1) is 7.07. The first-order valence-electron chi connectivity index (χ1n) is 3.99. The van der Waals surface area contributed by atoms with Crippen LogP contribution in [0.5, 0.6) is 0 Å². The van der Waals surface area contributed by atoms with Crippen molar-refractivity contribution in [3.8, 4) is 0 Å². The zero-order chi connectivity index (χ0) is 11.2. The molecule has 0 aromatic carbocycles. The number of rotatable bonds is 1. The van der Waals surface area contributed by atoms with Crippen LogP contribution in [0.3, 0.4) is 0 Å². The number of carbonyl (C=O) groups excluding carboxylic acids is 3. The SMILES string of the molecule is [B]C1=C([B])c2occ(C=O)c2C(=O)C1=O. The zero-order valence-corrected chi connectivity index (χ0v) is 7.44. The lowest BCUT2D eigenvalue weighted by atomic mass is 9.71. The van der Waals surface area contributed by atoms with Gasteiger partial charge in [0.1, 0.15) is 27.7 Å². The molecule has 0 amide bonds. The van der Waals surface area contributed by atoms with Crippen LogP contribution in [0.1, 0.15) is 26.5 Å².